The van der Waals surface area contributed by atoms with Crippen LogP contribution >= 0.6 is 0 Å². The zero-order valence-corrected chi connectivity index (χ0v) is 20.1. The summed E-state index contributed by atoms with van der Waals surface area (Å²) in [5, 5.41) is 0. The van der Waals surface area contributed by atoms with E-state index in [-0.39, 0.29) is 0 Å². The summed E-state index contributed by atoms with van der Waals surface area (Å²) in [6.07, 6.45) is 18.1. The molecule has 6 heteroatoms. The molecular weight excluding hydrogens is 390 g/mol. The van der Waals surface area contributed by atoms with Gasteiger partial charge in [0.2, 0.25) is 0 Å². The van der Waals surface area contributed by atoms with Crippen LogP contribution in [0.25, 0.3) is 0 Å². The monoisotopic (exact) mass is 435 g/mol. The molecule has 0 radical (unpaired) electrons. The fourth-order valence-corrected chi connectivity index (χ4v) is 4.23. The van der Waals surface area contributed by atoms with Crippen molar-refractivity contribution in [3.63, 3.8) is 0 Å². The molecule has 1 saturated carbocycles. The van der Waals surface area contributed by atoms with E-state index in [0.29, 0.717) is 25.6 Å². The van der Waals surface area contributed by atoms with Crippen LogP contribution in [0.15, 0.2) is 14.4 Å². The second-order valence-electron chi connectivity index (χ2n) is 9.45. The van der Waals surface area contributed by atoms with E-state index in [1.165, 1.54) is 65.1 Å². The van der Waals surface area contributed by atoms with Crippen LogP contribution in [0.1, 0.15) is 117 Å². The standard InChI is InChI=1S/C25H45N3O3/c1-3-5-7-9-11-13-15-19-26-23(29)27(20-16-14-12-10-8-6-4-2)25(31)28(24(26)30)21-22-17-18-22/h22H,3-21H2,1-2H3. The summed E-state index contributed by atoms with van der Waals surface area (Å²) < 4.78 is 4.00. The summed E-state index contributed by atoms with van der Waals surface area (Å²) in [4.78, 5) is 38.8. The number of unbranched alkanes of at least 4 members (excludes halogenated alkanes) is 12. The van der Waals surface area contributed by atoms with E-state index >= 15 is 0 Å². The van der Waals surface area contributed by atoms with Crippen molar-refractivity contribution in [2.24, 2.45) is 5.92 Å². The van der Waals surface area contributed by atoms with E-state index in [0.717, 1.165) is 51.4 Å². The van der Waals surface area contributed by atoms with E-state index in [9.17, 15) is 14.4 Å². The third-order valence-corrected chi connectivity index (χ3v) is 6.49. The predicted molar refractivity (Wildman–Crippen MR) is 128 cm³/mol. The van der Waals surface area contributed by atoms with Crippen LogP contribution in [-0.4, -0.2) is 13.7 Å². The van der Waals surface area contributed by atoms with Gasteiger partial charge in [-0.2, -0.15) is 0 Å². The van der Waals surface area contributed by atoms with Gasteiger partial charge in [-0.05, 0) is 31.6 Å². The Morgan fingerprint density at radius 1 is 0.548 bits per heavy atom. The number of aromatic nitrogens is 3. The molecule has 178 valence electrons. The first kappa shape index (κ1) is 25.7. The first-order chi connectivity index (χ1) is 15.1. The molecule has 0 bridgehead atoms. The molecule has 31 heavy (non-hydrogen) atoms. The van der Waals surface area contributed by atoms with Gasteiger partial charge in [-0.3, -0.25) is 0 Å². The quantitative estimate of drug-likeness (QED) is 0.302. The normalized spacial score (nSPS) is 13.7. The molecule has 0 saturated heterocycles. The van der Waals surface area contributed by atoms with Crippen LogP contribution in [0.5, 0.6) is 0 Å². The van der Waals surface area contributed by atoms with Crippen molar-refractivity contribution < 1.29 is 0 Å². The summed E-state index contributed by atoms with van der Waals surface area (Å²) in [5.41, 5.74) is -1.20. The van der Waals surface area contributed by atoms with Gasteiger partial charge in [-0.1, -0.05) is 90.9 Å². The number of hydrogen-bond donors (Lipinski definition) is 0. The average molecular weight is 436 g/mol. The second kappa shape index (κ2) is 14.5. The molecule has 1 fully saturated rings. The first-order valence-electron chi connectivity index (χ1n) is 13.0. The van der Waals surface area contributed by atoms with Crippen molar-refractivity contribution in [2.45, 2.75) is 136 Å². The van der Waals surface area contributed by atoms with Gasteiger partial charge in [0.15, 0.2) is 0 Å². The summed E-state index contributed by atoms with van der Waals surface area (Å²) in [7, 11) is 0. The fourth-order valence-electron chi connectivity index (χ4n) is 4.23. The summed E-state index contributed by atoms with van der Waals surface area (Å²) >= 11 is 0. The van der Waals surface area contributed by atoms with Crippen molar-refractivity contribution in [3.05, 3.63) is 31.5 Å². The topological polar surface area (TPSA) is 66.0 Å². The van der Waals surface area contributed by atoms with Crippen molar-refractivity contribution >= 4 is 0 Å². The van der Waals surface area contributed by atoms with Crippen molar-refractivity contribution in [1.29, 1.82) is 0 Å². The molecule has 1 aromatic rings. The lowest BCUT2D eigenvalue weighted by molar-refractivity contribution is 0.411. The van der Waals surface area contributed by atoms with Gasteiger partial charge in [-0.25, -0.2) is 28.1 Å². The largest absolute Gasteiger partial charge is 0.336 e. The number of rotatable bonds is 18. The SMILES string of the molecule is CCCCCCCCCn1c(=O)n(CCCCCCCCC)c(=O)n(CC2CC2)c1=O. The molecule has 1 aromatic heterocycles. The highest BCUT2D eigenvalue weighted by molar-refractivity contribution is 4.83. The maximum absolute atomic E-state index is 13.0. The van der Waals surface area contributed by atoms with Gasteiger partial charge in [0.1, 0.15) is 0 Å². The Morgan fingerprint density at radius 3 is 1.29 bits per heavy atom. The van der Waals surface area contributed by atoms with Gasteiger partial charge >= 0.3 is 17.1 Å². The van der Waals surface area contributed by atoms with E-state index < -0.39 is 17.1 Å². The summed E-state index contributed by atoms with van der Waals surface area (Å²) in [6, 6.07) is 0. The Hall–Kier alpha value is -1.59. The van der Waals surface area contributed by atoms with Gasteiger partial charge in [0, 0.05) is 19.6 Å². The summed E-state index contributed by atoms with van der Waals surface area (Å²) in [6.45, 7) is 5.73. The van der Waals surface area contributed by atoms with Crippen LogP contribution in [-0.2, 0) is 19.6 Å². The zero-order valence-electron chi connectivity index (χ0n) is 20.1. The van der Waals surface area contributed by atoms with E-state index in [1.807, 2.05) is 0 Å². The van der Waals surface area contributed by atoms with Crippen molar-refractivity contribution in [1.82, 2.24) is 13.7 Å². The zero-order chi connectivity index (χ0) is 22.5. The molecule has 0 unspecified atom stereocenters. The van der Waals surface area contributed by atoms with Gasteiger partial charge in [-0.15, -0.1) is 0 Å². The molecule has 1 heterocycles. The molecule has 0 atom stereocenters. The lowest BCUT2D eigenvalue weighted by Crippen LogP contribution is -2.54. The second-order valence-corrected chi connectivity index (χ2v) is 9.45. The minimum Gasteiger partial charge on any atom is -0.247 e. The predicted octanol–water partition coefficient (Wildman–Crippen LogP) is 5.08. The molecule has 6 nitrogen and oxygen atoms in total. The Balaban J connectivity index is 2.00. The number of nitrogens with zero attached hydrogens (tertiary/aromatic N) is 3. The average Bonchev–Trinajstić information content (AvgIpc) is 3.58. The van der Waals surface area contributed by atoms with Crippen LogP contribution in [0.3, 0.4) is 0 Å². The molecule has 1 aliphatic rings. The van der Waals surface area contributed by atoms with E-state index in [2.05, 4.69) is 13.8 Å². The third kappa shape index (κ3) is 8.82. The Bertz CT molecular complexity index is 745. The Morgan fingerprint density at radius 2 is 0.903 bits per heavy atom. The molecule has 0 aliphatic heterocycles. The van der Waals surface area contributed by atoms with Crippen molar-refractivity contribution in [2.75, 3.05) is 0 Å². The summed E-state index contributed by atoms with van der Waals surface area (Å²) in [5.74, 6) is 0.418. The Kier molecular flexibility index (Phi) is 12.0. The Labute approximate surface area is 187 Å². The lowest BCUT2D eigenvalue weighted by atomic mass is 10.1. The number of hydrogen-bond acceptors (Lipinski definition) is 3. The van der Waals surface area contributed by atoms with Crippen molar-refractivity contribution in [3.8, 4) is 0 Å². The van der Waals surface area contributed by atoms with Crippen LogP contribution in [0, 0.1) is 5.92 Å². The third-order valence-electron chi connectivity index (χ3n) is 6.49. The molecule has 2 rings (SSSR count). The highest BCUT2D eigenvalue weighted by Gasteiger charge is 2.25. The molecule has 0 aromatic carbocycles. The maximum atomic E-state index is 13.0. The highest BCUT2D eigenvalue weighted by Crippen LogP contribution is 2.29. The van der Waals surface area contributed by atoms with E-state index in [4.69, 9.17) is 0 Å². The fraction of sp³-hybridized carbons (Fsp3) is 0.880. The lowest BCUT2D eigenvalue weighted by Gasteiger charge is -2.14. The minimum absolute atomic E-state index is 0.399. The molecule has 0 spiro atoms. The smallest absolute Gasteiger partial charge is 0.247 e. The highest BCUT2D eigenvalue weighted by atomic mass is 16.2. The van der Waals surface area contributed by atoms with Crippen LogP contribution in [0.2, 0.25) is 0 Å². The van der Waals surface area contributed by atoms with Crippen LogP contribution < -0.4 is 17.1 Å². The minimum atomic E-state index is -0.404. The van der Waals surface area contributed by atoms with Gasteiger partial charge in [0.05, 0.1) is 0 Å². The van der Waals surface area contributed by atoms with E-state index in [1.54, 1.807) is 0 Å². The van der Waals surface area contributed by atoms with Gasteiger partial charge < -0.3 is 0 Å². The molecule has 1 aliphatic carbocycles. The van der Waals surface area contributed by atoms with Crippen LogP contribution in [0.4, 0.5) is 0 Å². The molecular formula is C25H45N3O3. The maximum Gasteiger partial charge on any atom is 0.336 e. The first-order valence-corrected chi connectivity index (χ1v) is 13.0. The molecule has 0 amide bonds. The van der Waals surface area contributed by atoms with Gasteiger partial charge in [0.25, 0.3) is 0 Å². The molecule has 0 N–H and O–H groups in total.